The summed E-state index contributed by atoms with van der Waals surface area (Å²) in [7, 11) is 0. The Morgan fingerprint density at radius 3 is 3.12 bits per heavy atom. The lowest BCUT2D eigenvalue weighted by molar-refractivity contribution is 0.112. The summed E-state index contributed by atoms with van der Waals surface area (Å²) in [4.78, 5) is 15.7. The minimum Gasteiger partial charge on any atom is -0.337 e. The second-order valence-electron chi connectivity index (χ2n) is 3.34. The van der Waals surface area contributed by atoms with E-state index >= 15 is 0 Å². The molecule has 0 aliphatic rings. The molecule has 0 spiro atoms. The number of hydrogen-bond acceptors (Lipinski definition) is 3. The number of aryl methyl sites for hydroxylation is 1. The number of nitrogens with zero attached hydrogens (tertiary/aromatic N) is 2. The Morgan fingerprint density at radius 1 is 1.44 bits per heavy atom. The molecule has 2 rings (SSSR count). The molecule has 0 amide bonds. The van der Waals surface area contributed by atoms with E-state index in [1.54, 1.807) is 18.0 Å². The van der Waals surface area contributed by atoms with E-state index in [2.05, 4.69) is 4.98 Å². The third kappa shape index (κ3) is 2.97. The highest BCUT2D eigenvalue weighted by atomic mass is 32.2. The van der Waals surface area contributed by atoms with Gasteiger partial charge in [0.1, 0.15) is 6.29 Å². The highest BCUT2D eigenvalue weighted by molar-refractivity contribution is 7.99. The van der Waals surface area contributed by atoms with Gasteiger partial charge < -0.3 is 4.57 Å². The lowest BCUT2D eigenvalue weighted by atomic mass is 10.2. The largest absolute Gasteiger partial charge is 0.337 e. The maximum Gasteiger partial charge on any atom is 0.150 e. The molecule has 0 N–H and O–H groups in total. The Hall–Kier alpha value is -1.55. The zero-order chi connectivity index (χ0) is 11.2. The first-order valence-corrected chi connectivity index (χ1v) is 6.01. The zero-order valence-corrected chi connectivity index (χ0v) is 9.56. The molecule has 82 valence electrons. The van der Waals surface area contributed by atoms with E-state index in [-0.39, 0.29) is 0 Å². The number of imidazole rings is 1. The molecule has 0 aliphatic carbocycles. The SMILES string of the molecule is O=Cc1cccc(SCCn2ccnc2)c1. The van der Waals surface area contributed by atoms with E-state index in [9.17, 15) is 4.79 Å². The third-order valence-electron chi connectivity index (χ3n) is 2.17. The van der Waals surface area contributed by atoms with Crippen molar-refractivity contribution in [3.63, 3.8) is 0 Å². The molecule has 16 heavy (non-hydrogen) atoms. The standard InChI is InChI=1S/C12H12N2OS/c15-9-11-2-1-3-12(8-11)16-7-6-14-5-4-13-10-14/h1-5,8-10H,6-7H2. The molecule has 2 aromatic rings. The van der Waals surface area contributed by atoms with Crippen molar-refractivity contribution in [3.05, 3.63) is 48.5 Å². The molecule has 1 aromatic carbocycles. The molecule has 0 fully saturated rings. The molecule has 1 aromatic heterocycles. The fourth-order valence-electron chi connectivity index (χ4n) is 1.37. The van der Waals surface area contributed by atoms with Gasteiger partial charge in [-0.2, -0.15) is 0 Å². The fourth-order valence-corrected chi connectivity index (χ4v) is 2.30. The fraction of sp³-hybridized carbons (Fsp3) is 0.167. The molecule has 1 heterocycles. The van der Waals surface area contributed by atoms with Crippen LogP contribution in [0.2, 0.25) is 0 Å². The van der Waals surface area contributed by atoms with E-state index in [0.717, 1.165) is 29.0 Å². The number of thioether (sulfide) groups is 1. The third-order valence-corrected chi connectivity index (χ3v) is 3.15. The molecule has 0 atom stereocenters. The van der Waals surface area contributed by atoms with Gasteiger partial charge in [0.05, 0.1) is 6.33 Å². The number of aromatic nitrogens is 2. The van der Waals surface area contributed by atoms with Gasteiger partial charge in [0.15, 0.2) is 0 Å². The van der Waals surface area contributed by atoms with Crippen molar-refractivity contribution in [2.45, 2.75) is 11.4 Å². The summed E-state index contributed by atoms with van der Waals surface area (Å²) in [5.41, 5.74) is 0.729. The smallest absolute Gasteiger partial charge is 0.150 e. The number of carbonyl (C=O) groups excluding carboxylic acids is 1. The number of aldehydes is 1. The van der Waals surface area contributed by atoms with Crippen LogP contribution in [0, 0.1) is 0 Å². The molecular formula is C12H12N2OS. The van der Waals surface area contributed by atoms with Gasteiger partial charge in [-0.05, 0) is 12.1 Å². The van der Waals surface area contributed by atoms with Crippen molar-refractivity contribution in [1.29, 1.82) is 0 Å². The van der Waals surface area contributed by atoms with E-state index < -0.39 is 0 Å². The van der Waals surface area contributed by atoms with Crippen LogP contribution in [0.5, 0.6) is 0 Å². The van der Waals surface area contributed by atoms with Crippen molar-refractivity contribution in [2.24, 2.45) is 0 Å². The van der Waals surface area contributed by atoms with Crippen LogP contribution in [0.15, 0.2) is 47.9 Å². The topological polar surface area (TPSA) is 34.9 Å². The number of carbonyl (C=O) groups is 1. The van der Waals surface area contributed by atoms with Gasteiger partial charge >= 0.3 is 0 Å². The Balaban J connectivity index is 1.87. The predicted molar refractivity (Wildman–Crippen MR) is 64.8 cm³/mol. The highest BCUT2D eigenvalue weighted by Gasteiger charge is 1.96. The van der Waals surface area contributed by atoms with E-state index in [0.29, 0.717) is 0 Å². The molecule has 0 unspecified atom stereocenters. The second kappa shape index (κ2) is 5.51. The van der Waals surface area contributed by atoms with Gasteiger partial charge in [-0.15, -0.1) is 11.8 Å². The van der Waals surface area contributed by atoms with Gasteiger partial charge in [0, 0.05) is 35.2 Å². The van der Waals surface area contributed by atoms with Crippen molar-refractivity contribution in [1.82, 2.24) is 9.55 Å². The molecule has 3 nitrogen and oxygen atoms in total. The molecule has 0 radical (unpaired) electrons. The summed E-state index contributed by atoms with van der Waals surface area (Å²) >= 11 is 1.74. The molecule has 0 saturated heterocycles. The van der Waals surface area contributed by atoms with Crippen molar-refractivity contribution in [3.8, 4) is 0 Å². The normalized spacial score (nSPS) is 10.2. The van der Waals surface area contributed by atoms with Gasteiger partial charge in [-0.1, -0.05) is 12.1 Å². The summed E-state index contributed by atoms with van der Waals surface area (Å²) in [6.07, 6.45) is 6.41. The van der Waals surface area contributed by atoms with Gasteiger partial charge in [-0.3, -0.25) is 4.79 Å². The van der Waals surface area contributed by atoms with Crippen LogP contribution in [0.25, 0.3) is 0 Å². The maximum atomic E-state index is 10.6. The summed E-state index contributed by atoms with van der Waals surface area (Å²) in [5, 5.41) is 0. The summed E-state index contributed by atoms with van der Waals surface area (Å²) in [6.45, 7) is 0.927. The molecular weight excluding hydrogens is 220 g/mol. The lowest BCUT2D eigenvalue weighted by Crippen LogP contribution is -1.96. The average molecular weight is 232 g/mol. The second-order valence-corrected chi connectivity index (χ2v) is 4.51. The highest BCUT2D eigenvalue weighted by Crippen LogP contribution is 2.18. The zero-order valence-electron chi connectivity index (χ0n) is 8.74. The molecule has 0 aliphatic heterocycles. The van der Waals surface area contributed by atoms with Crippen LogP contribution in [-0.4, -0.2) is 21.6 Å². The van der Waals surface area contributed by atoms with Crippen LogP contribution >= 0.6 is 11.8 Å². The summed E-state index contributed by atoms with van der Waals surface area (Å²) < 4.78 is 2.04. The van der Waals surface area contributed by atoms with Crippen LogP contribution in [0.4, 0.5) is 0 Å². The van der Waals surface area contributed by atoms with Crippen LogP contribution in [0.3, 0.4) is 0 Å². The van der Waals surface area contributed by atoms with E-state index in [1.807, 2.05) is 41.4 Å². The van der Waals surface area contributed by atoms with Gasteiger partial charge in [0.25, 0.3) is 0 Å². The van der Waals surface area contributed by atoms with Crippen LogP contribution in [0.1, 0.15) is 10.4 Å². The van der Waals surface area contributed by atoms with Crippen molar-refractivity contribution >= 4 is 18.0 Å². The maximum absolute atomic E-state index is 10.6. The number of rotatable bonds is 5. The van der Waals surface area contributed by atoms with Gasteiger partial charge in [0.2, 0.25) is 0 Å². The first kappa shape index (κ1) is 11.0. The summed E-state index contributed by atoms with van der Waals surface area (Å²) in [6, 6.07) is 7.65. The van der Waals surface area contributed by atoms with Gasteiger partial charge in [-0.25, -0.2) is 4.98 Å². The van der Waals surface area contributed by atoms with Crippen molar-refractivity contribution < 1.29 is 4.79 Å². The molecule has 0 bridgehead atoms. The average Bonchev–Trinajstić information content (AvgIpc) is 2.82. The summed E-state index contributed by atoms with van der Waals surface area (Å²) in [5.74, 6) is 0.971. The van der Waals surface area contributed by atoms with E-state index in [4.69, 9.17) is 0 Å². The van der Waals surface area contributed by atoms with E-state index in [1.165, 1.54) is 0 Å². The van der Waals surface area contributed by atoms with Crippen LogP contribution < -0.4 is 0 Å². The lowest BCUT2D eigenvalue weighted by Gasteiger charge is -2.03. The minimum atomic E-state index is 0.729. The number of hydrogen-bond donors (Lipinski definition) is 0. The predicted octanol–water partition coefficient (Wildman–Crippen LogP) is 2.49. The first-order chi connectivity index (χ1) is 7.88. The Bertz CT molecular complexity index is 454. The Morgan fingerprint density at radius 2 is 2.38 bits per heavy atom. The van der Waals surface area contributed by atoms with Crippen molar-refractivity contribution in [2.75, 3.05) is 5.75 Å². The minimum absolute atomic E-state index is 0.729. The first-order valence-electron chi connectivity index (χ1n) is 5.02. The Kier molecular flexibility index (Phi) is 3.77. The quantitative estimate of drug-likeness (QED) is 0.587. The number of benzene rings is 1. The molecule has 0 saturated carbocycles. The van der Waals surface area contributed by atoms with Crippen LogP contribution in [-0.2, 0) is 6.54 Å². The monoisotopic (exact) mass is 232 g/mol. The molecule has 4 heteroatoms. The Labute approximate surface area is 98.5 Å².